The predicted octanol–water partition coefficient (Wildman–Crippen LogP) is -0.665. The Bertz CT molecular complexity index is 1100. The Morgan fingerprint density at radius 1 is 1.44 bits per heavy atom. The molecule has 14 nitrogen and oxygen atoms in total. The van der Waals surface area contributed by atoms with E-state index >= 15 is 0 Å². The molecule has 1 aromatic rings. The van der Waals surface area contributed by atoms with E-state index in [1.54, 1.807) is 0 Å². The third-order valence-corrected chi connectivity index (χ3v) is 4.93. The van der Waals surface area contributed by atoms with Crippen LogP contribution in [0.2, 0.25) is 0 Å². The smallest absolute Gasteiger partial charge is 0.352 e. The summed E-state index contributed by atoms with van der Waals surface area (Å²) in [6, 6.07) is 5.38. The fourth-order valence-electron chi connectivity index (χ4n) is 2.75. The number of carbonyl (C=O) groups excluding carboxylic acids is 2. The molecule has 2 atom stereocenters. The maximum absolute atomic E-state index is 11.9. The van der Waals surface area contributed by atoms with E-state index in [0.29, 0.717) is 0 Å². The zero-order valence-electron chi connectivity index (χ0n) is 16.4. The quantitative estimate of drug-likeness (QED) is 0.203. The molecule has 2 rings (SSSR count). The second-order valence-electron chi connectivity index (χ2n) is 6.24. The molecular formula is C17H17N7O7S. The molecule has 7 N–H and O–H groups in total. The lowest BCUT2D eigenvalue weighted by atomic mass is 9.96. The van der Waals surface area contributed by atoms with Crippen LogP contribution in [0, 0.1) is 27.4 Å². The highest BCUT2D eigenvalue weighted by molar-refractivity contribution is 7.99. The normalized spacial score (nSPS) is 16.6. The number of benzene rings is 1. The van der Waals surface area contributed by atoms with Crippen molar-refractivity contribution >= 4 is 35.3 Å². The number of aliphatic imine (C=N–C) groups is 1. The standard InChI is InChI=1S/C17H17N7O7S/c1-32-17-22-12(9(16(27)28)5-11(19)25)13(24(29)30)15(23(17)21)31-10-4-7(6-18)2-3-8(10)14(20)26/h2-4,9,17H,5,21H2,1H3,(H2,19,25)(H2,20,26)(H,27,28). The van der Waals surface area contributed by atoms with Gasteiger partial charge in [-0.05, 0) is 24.5 Å². The summed E-state index contributed by atoms with van der Waals surface area (Å²) < 4.78 is 5.56. The molecular weight excluding hydrogens is 446 g/mol. The number of rotatable bonds is 9. The number of nitrogens with zero attached hydrogens (tertiary/aromatic N) is 4. The zero-order valence-corrected chi connectivity index (χ0v) is 17.2. The first-order chi connectivity index (χ1) is 15.0. The van der Waals surface area contributed by atoms with Gasteiger partial charge < -0.3 is 21.3 Å². The van der Waals surface area contributed by atoms with Gasteiger partial charge in [-0.2, -0.15) is 5.26 Å². The summed E-state index contributed by atoms with van der Waals surface area (Å²) in [7, 11) is 0. The third-order valence-electron chi connectivity index (χ3n) is 4.18. The molecule has 1 aromatic carbocycles. The fraction of sp³-hybridized carbons (Fsp3) is 0.235. The lowest BCUT2D eigenvalue weighted by molar-refractivity contribution is -0.420. The number of nitrogens with two attached hydrogens (primary N) is 3. The summed E-state index contributed by atoms with van der Waals surface area (Å²) in [6.07, 6.45) is 0.760. The molecule has 2 amide bonds. The minimum Gasteiger partial charge on any atom is -0.481 e. The second kappa shape index (κ2) is 9.76. The number of carbonyl (C=O) groups is 3. The summed E-state index contributed by atoms with van der Waals surface area (Å²) in [5, 5.41) is 31.3. The van der Waals surface area contributed by atoms with Crippen LogP contribution in [0.25, 0.3) is 0 Å². The summed E-state index contributed by atoms with van der Waals surface area (Å²) in [6.45, 7) is 0. The van der Waals surface area contributed by atoms with Gasteiger partial charge in [-0.1, -0.05) is 0 Å². The van der Waals surface area contributed by atoms with Gasteiger partial charge in [0.2, 0.25) is 5.91 Å². The molecule has 32 heavy (non-hydrogen) atoms. The van der Waals surface area contributed by atoms with Crippen molar-refractivity contribution in [3.63, 3.8) is 0 Å². The van der Waals surface area contributed by atoms with E-state index < -0.39 is 57.8 Å². The van der Waals surface area contributed by atoms with Crippen LogP contribution in [0.5, 0.6) is 5.75 Å². The van der Waals surface area contributed by atoms with Crippen LogP contribution in [0.3, 0.4) is 0 Å². The molecule has 1 aliphatic rings. The van der Waals surface area contributed by atoms with Crippen LogP contribution in [-0.4, -0.2) is 50.3 Å². The van der Waals surface area contributed by atoms with Crippen molar-refractivity contribution in [1.29, 1.82) is 5.26 Å². The molecule has 0 saturated heterocycles. The number of carboxylic acid groups (broad SMARTS) is 1. The van der Waals surface area contributed by atoms with E-state index in [1.165, 1.54) is 18.4 Å². The van der Waals surface area contributed by atoms with Gasteiger partial charge in [-0.25, -0.2) is 15.8 Å². The van der Waals surface area contributed by atoms with E-state index in [9.17, 15) is 29.6 Å². The second-order valence-corrected chi connectivity index (χ2v) is 7.14. The molecule has 0 aromatic heterocycles. The Morgan fingerprint density at radius 3 is 2.56 bits per heavy atom. The van der Waals surface area contributed by atoms with Crippen molar-refractivity contribution in [1.82, 2.24) is 5.01 Å². The first kappa shape index (κ1) is 24.1. The van der Waals surface area contributed by atoms with Crippen molar-refractivity contribution in [2.24, 2.45) is 28.2 Å². The highest BCUT2D eigenvalue weighted by atomic mass is 32.2. The van der Waals surface area contributed by atoms with Crippen LogP contribution < -0.4 is 22.0 Å². The molecule has 1 aliphatic heterocycles. The maximum atomic E-state index is 11.9. The van der Waals surface area contributed by atoms with E-state index in [4.69, 9.17) is 27.3 Å². The molecule has 15 heteroatoms. The molecule has 0 bridgehead atoms. The van der Waals surface area contributed by atoms with E-state index in [1.807, 2.05) is 6.07 Å². The fourth-order valence-corrected chi connectivity index (χ4v) is 3.30. The number of ether oxygens (including phenoxy) is 1. The topological polar surface area (TPSA) is 241 Å². The molecule has 0 aliphatic carbocycles. The molecule has 2 unspecified atom stereocenters. The molecule has 0 saturated carbocycles. The molecule has 0 fully saturated rings. The average molecular weight is 463 g/mol. The van der Waals surface area contributed by atoms with Gasteiger partial charge in [0.15, 0.2) is 5.50 Å². The first-order valence-corrected chi connectivity index (χ1v) is 9.86. The number of aliphatic carboxylic acids is 1. The minimum atomic E-state index is -1.77. The first-order valence-electron chi connectivity index (χ1n) is 8.58. The van der Waals surface area contributed by atoms with Crippen molar-refractivity contribution in [2.45, 2.75) is 11.9 Å². The van der Waals surface area contributed by atoms with E-state index in [0.717, 1.165) is 22.8 Å². The number of hydrogen-bond donors (Lipinski definition) is 4. The van der Waals surface area contributed by atoms with Crippen molar-refractivity contribution in [3.8, 4) is 11.8 Å². The lowest BCUT2D eigenvalue weighted by Crippen LogP contribution is -2.47. The number of hydrazine groups is 1. The molecule has 1 heterocycles. The largest absolute Gasteiger partial charge is 0.481 e. The van der Waals surface area contributed by atoms with Gasteiger partial charge in [0, 0.05) is 6.42 Å². The number of allylic oxidation sites excluding steroid dienone is 1. The van der Waals surface area contributed by atoms with Crippen LogP contribution in [0.1, 0.15) is 22.3 Å². The van der Waals surface area contributed by atoms with Crippen molar-refractivity contribution in [3.05, 3.63) is 51.0 Å². The predicted molar refractivity (Wildman–Crippen MR) is 110 cm³/mol. The van der Waals surface area contributed by atoms with Gasteiger partial charge in [0.05, 0.1) is 22.1 Å². The molecule has 0 radical (unpaired) electrons. The van der Waals surface area contributed by atoms with Gasteiger partial charge in [0.1, 0.15) is 17.4 Å². The summed E-state index contributed by atoms with van der Waals surface area (Å²) in [4.78, 5) is 49.8. The van der Waals surface area contributed by atoms with Crippen molar-refractivity contribution in [2.75, 3.05) is 6.26 Å². The highest BCUT2D eigenvalue weighted by Gasteiger charge is 2.44. The van der Waals surface area contributed by atoms with Crippen LogP contribution in [0.4, 0.5) is 0 Å². The lowest BCUT2D eigenvalue weighted by Gasteiger charge is -2.31. The average Bonchev–Trinajstić information content (AvgIpc) is 2.72. The van der Waals surface area contributed by atoms with Crippen LogP contribution >= 0.6 is 11.8 Å². The van der Waals surface area contributed by atoms with Gasteiger partial charge in [0.25, 0.3) is 11.8 Å². The monoisotopic (exact) mass is 463 g/mol. The van der Waals surface area contributed by atoms with Gasteiger partial charge in [-0.15, -0.1) is 11.8 Å². The Kier molecular flexibility index (Phi) is 7.36. The number of primary amides is 2. The summed E-state index contributed by atoms with van der Waals surface area (Å²) in [5.74, 6) is -0.401. The van der Waals surface area contributed by atoms with Gasteiger partial charge in [-0.3, -0.25) is 24.5 Å². The van der Waals surface area contributed by atoms with E-state index in [2.05, 4.69) is 4.99 Å². The Labute approximate surface area is 184 Å². The number of thioether (sulfide) groups is 1. The van der Waals surface area contributed by atoms with Gasteiger partial charge >= 0.3 is 11.7 Å². The van der Waals surface area contributed by atoms with Crippen molar-refractivity contribution < 1.29 is 29.2 Å². The summed E-state index contributed by atoms with van der Waals surface area (Å²) >= 11 is 0.975. The Balaban J connectivity index is 2.76. The maximum Gasteiger partial charge on any atom is 0.352 e. The number of nitro groups is 1. The third kappa shape index (κ3) is 4.94. The Morgan fingerprint density at radius 2 is 2.09 bits per heavy atom. The molecule has 168 valence electrons. The van der Waals surface area contributed by atoms with Crippen LogP contribution in [0.15, 0.2) is 34.8 Å². The summed E-state index contributed by atoms with van der Waals surface area (Å²) in [5.41, 5.74) is 7.59. The zero-order chi connectivity index (χ0) is 24.2. The number of carboxylic acids is 1. The minimum absolute atomic E-state index is 0.0417. The van der Waals surface area contributed by atoms with Crippen LogP contribution in [-0.2, 0) is 9.59 Å². The molecule has 0 spiro atoms. The number of hydrogen-bond acceptors (Lipinski definition) is 11. The number of nitriles is 1. The highest BCUT2D eigenvalue weighted by Crippen LogP contribution is 2.32. The van der Waals surface area contributed by atoms with E-state index in [-0.39, 0.29) is 16.9 Å². The Hall–Kier alpha value is -4.16. The SMILES string of the molecule is CSC1N=C(C(CC(N)=O)C(=O)O)C([N+](=O)[O-])=C(Oc2cc(C#N)ccc2C(N)=O)N1N. The number of amides is 2.